The van der Waals surface area contributed by atoms with Gasteiger partial charge in [-0.3, -0.25) is 4.79 Å². The number of nitrogens with one attached hydrogen (secondary N) is 2. The molecule has 0 fully saturated rings. The van der Waals surface area contributed by atoms with E-state index in [9.17, 15) is 4.79 Å². The van der Waals surface area contributed by atoms with Gasteiger partial charge in [0.15, 0.2) is 0 Å². The Bertz CT molecular complexity index is 1040. The van der Waals surface area contributed by atoms with Crippen molar-refractivity contribution in [3.8, 4) is 0 Å². The van der Waals surface area contributed by atoms with Crippen molar-refractivity contribution < 1.29 is 4.79 Å². The van der Waals surface area contributed by atoms with Crippen LogP contribution in [0.1, 0.15) is 23.0 Å². The van der Waals surface area contributed by atoms with E-state index in [2.05, 4.69) is 36.9 Å². The molecule has 0 saturated heterocycles. The lowest BCUT2D eigenvalue weighted by molar-refractivity contribution is -0.116. The first-order chi connectivity index (χ1) is 13.4. The fraction of sp³-hybridized carbons (Fsp3) is 0.211. The fourth-order valence-corrected chi connectivity index (χ4v) is 4.78. The quantitative estimate of drug-likeness (QED) is 0.570. The largest absolute Gasteiger partial charge is 0.325 e. The van der Waals surface area contributed by atoms with Crippen LogP contribution in [0.5, 0.6) is 0 Å². The molecule has 4 rings (SSSR count). The topological polar surface area (TPSA) is 71.8 Å². The van der Waals surface area contributed by atoms with Crippen LogP contribution in [0.25, 0.3) is 0 Å². The van der Waals surface area contributed by atoms with Crippen LogP contribution in [0, 0.1) is 13.8 Å². The molecule has 0 bridgehead atoms. The molecule has 0 aliphatic carbocycles. The van der Waals surface area contributed by atoms with E-state index in [0.717, 1.165) is 27.1 Å². The summed E-state index contributed by atoms with van der Waals surface area (Å²) >= 11 is 10.9. The second-order valence-electron chi connectivity index (χ2n) is 6.51. The minimum absolute atomic E-state index is 0.102. The Morgan fingerprint density at radius 2 is 1.96 bits per heavy atom. The van der Waals surface area contributed by atoms with Crippen LogP contribution >= 0.6 is 39.3 Å². The van der Waals surface area contributed by atoms with Crippen molar-refractivity contribution in [2.75, 3.05) is 10.7 Å². The van der Waals surface area contributed by atoms with Crippen LogP contribution in [0.3, 0.4) is 0 Å². The van der Waals surface area contributed by atoms with Gasteiger partial charge in [0.1, 0.15) is 11.1 Å². The molecule has 1 aromatic heterocycles. The Hall–Kier alpha value is -2.03. The highest BCUT2D eigenvalue weighted by Crippen LogP contribution is 2.38. The monoisotopic (exact) mass is 477 g/mol. The van der Waals surface area contributed by atoms with Gasteiger partial charge in [0.05, 0.1) is 6.04 Å². The zero-order valence-corrected chi connectivity index (χ0v) is 18.3. The lowest BCUT2D eigenvalue weighted by Gasteiger charge is -2.32. The molecule has 1 aliphatic rings. The van der Waals surface area contributed by atoms with E-state index in [1.165, 1.54) is 11.8 Å². The summed E-state index contributed by atoms with van der Waals surface area (Å²) in [6.07, 6.45) is 0. The maximum atomic E-state index is 13.2. The summed E-state index contributed by atoms with van der Waals surface area (Å²) in [4.78, 5) is 13.2. The van der Waals surface area contributed by atoms with Crippen LogP contribution in [0.2, 0.25) is 5.02 Å². The van der Waals surface area contributed by atoms with Gasteiger partial charge in [-0.25, -0.2) is 4.68 Å². The standard InChI is InChI=1S/C19H17BrClN5OS/c1-10-9-13(20)5-8-15(10)22-18(27)17-16(12-3-6-14(21)7-4-12)25-26-11(2)23-24-19(26)28-17/h3-9,16-17,25H,1-2H3,(H,22,27)/t16-,17-/m0/s1. The predicted octanol–water partition coefficient (Wildman–Crippen LogP) is 4.71. The van der Waals surface area contributed by atoms with Crippen molar-refractivity contribution in [2.45, 2.75) is 30.3 Å². The molecule has 2 N–H and O–H groups in total. The minimum Gasteiger partial charge on any atom is -0.325 e. The zero-order chi connectivity index (χ0) is 19.8. The number of benzene rings is 2. The summed E-state index contributed by atoms with van der Waals surface area (Å²) in [7, 11) is 0. The average molecular weight is 479 g/mol. The number of rotatable bonds is 3. The van der Waals surface area contributed by atoms with Gasteiger partial charge in [-0.1, -0.05) is 51.4 Å². The number of fused-ring (bicyclic) bond motifs is 1. The predicted molar refractivity (Wildman–Crippen MR) is 115 cm³/mol. The third-order valence-corrected chi connectivity index (χ3v) is 6.49. The van der Waals surface area contributed by atoms with Gasteiger partial charge in [0.25, 0.3) is 0 Å². The molecular weight excluding hydrogens is 462 g/mol. The molecule has 0 spiro atoms. The Morgan fingerprint density at radius 3 is 2.68 bits per heavy atom. The lowest BCUT2D eigenvalue weighted by atomic mass is 10.0. The number of aryl methyl sites for hydroxylation is 2. The SMILES string of the molecule is Cc1cc(Br)ccc1NC(=O)[C@H]1Sc2nnc(C)n2N[C@H]1c1ccc(Cl)cc1. The third kappa shape index (κ3) is 3.76. The maximum absolute atomic E-state index is 13.2. The molecule has 0 saturated carbocycles. The molecule has 144 valence electrons. The van der Waals surface area contributed by atoms with Gasteiger partial charge >= 0.3 is 0 Å². The second kappa shape index (κ2) is 7.77. The summed E-state index contributed by atoms with van der Waals surface area (Å²) in [5.41, 5.74) is 6.11. The van der Waals surface area contributed by atoms with Crippen LogP contribution in [0.15, 0.2) is 52.1 Å². The molecule has 2 atom stereocenters. The van der Waals surface area contributed by atoms with Crippen molar-refractivity contribution in [1.82, 2.24) is 14.9 Å². The number of hydrogen-bond acceptors (Lipinski definition) is 5. The summed E-state index contributed by atoms with van der Waals surface area (Å²) in [6.45, 7) is 3.83. The van der Waals surface area contributed by atoms with Gasteiger partial charge in [-0.2, -0.15) is 0 Å². The smallest absolute Gasteiger partial charge is 0.240 e. The van der Waals surface area contributed by atoms with Gasteiger partial charge in [-0.15, -0.1) is 10.2 Å². The first-order valence-electron chi connectivity index (χ1n) is 8.60. The van der Waals surface area contributed by atoms with Gasteiger partial charge in [0, 0.05) is 15.2 Å². The molecule has 1 aliphatic heterocycles. The number of carbonyl (C=O) groups is 1. The van der Waals surface area contributed by atoms with E-state index in [-0.39, 0.29) is 11.9 Å². The molecule has 9 heteroatoms. The summed E-state index contributed by atoms with van der Waals surface area (Å²) < 4.78 is 2.79. The van der Waals surface area contributed by atoms with Gasteiger partial charge in [0.2, 0.25) is 11.1 Å². The molecule has 0 unspecified atom stereocenters. The number of aromatic nitrogens is 3. The summed E-state index contributed by atoms with van der Waals surface area (Å²) in [6, 6.07) is 13.0. The van der Waals surface area contributed by atoms with Crippen LogP contribution in [0.4, 0.5) is 5.69 Å². The Balaban J connectivity index is 1.67. The molecule has 28 heavy (non-hydrogen) atoms. The second-order valence-corrected chi connectivity index (χ2v) is 8.97. The van der Waals surface area contributed by atoms with E-state index in [0.29, 0.717) is 10.2 Å². The van der Waals surface area contributed by atoms with Crippen molar-refractivity contribution >= 4 is 50.9 Å². The van der Waals surface area contributed by atoms with Crippen LogP contribution < -0.4 is 10.7 Å². The Kier molecular flexibility index (Phi) is 5.35. The van der Waals surface area contributed by atoms with Crippen molar-refractivity contribution in [2.24, 2.45) is 0 Å². The summed E-state index contributed by atoms with van der Waals surface area (Å²) in [5, 5.41) is 12.2. The number of hydrogen-bond donors (Lipinski definition) is 2. The number of carbonyl (C=O) groups excluding carboxylic acids is 1. The number of nitrogens with zero attached hydrogens (tertiary/aromatic N) is 3. The Morgan fingerprint density at radius 1 is 1.21 bits per heavy atom. The molecule has 6 nitrogen and oxygen atoms in total. The first-order valence-corrected chi connectivity index (χ1v) is 10.6. The van der Waals surface area contributed by atoms with Gasteiger partial charge in [-0.05, 0) is 55.3 Å². The molecular formula is C19H17BrClN5OS. The Labute approximate surface area is 180 Å². The highest BCUT2D eigenvalue weighted by molar-refractivity contribution is 9.10. The first kappa shape index (κ1) is 19.3. The maximum Gasteiger partial charge on any atom is 0.240 e. The molecule has 2 aromatic carbocycles. The highest BCUT2D eigenvalue weighted by Gasteiger charge is 2.37. The minimum atomic E-state index is -0.430. The molecule has 1 amide bonds. The van der Waals surface area contributed by atoms with Gasteiger partial charge < -0.3 is 10.7 Å². The molecule has 3 aromatic rings. The van der Waals surface area contributed by atoms with Crippen molar-refractivity contribution in [3.63, 3.8) is 0 Å². The van der Waals surface area contributed by atoms with E-state index < -0.39 is 5.25 Å². The van der Waals surface area contributed by atoms with Crippen LogP contribution in [-0.4, -0.2) is 26.0 Å². The third-order valence-electron chi connectivity index (χ3n) is 4.53. The molecule has 0 radical (unpaired) electrons. The normalized spacial score (nSPS) is 18.3. The highest BCUT2D eigenvalue weighted by atomic mass is 79.9. The number of halogens is 2. The van der Waals surface area contributed by atoms with Crippen molar-refractivity contribution in [1.29, 1.82) is 0 Å². The van der Waals surface area contributed by atoms with E-state index in [4.69, 9.17) is 11.6 Å². The number of thioether (sulfide) groups is 1. The number of anilines is 1. The zero-order valence-electron chi connectivity index (χ0n) is 15.1. The van der Waals surface area contributed by atoms with Crippen molar-refractivity contribution in [3.05, 3.63) is 68.9 Å². The van der Waals surface area contributed by atoms with Crippen LogP contribution in [-0.2, 0) is 4.79 Å². The van der Waals surface area contributed by atoms with E-state index >= 15 is 0 Å². The molecule has 2 heterocycles. The average Bonchev–Trinajstić information content (AvgIpc) is 3.04. The lowest BCUT2D eigenvalue weighted by Crippen LogP contribution is -2.41. The fourth-order valence-electron chi connectivity index (χ4n) is 3.05. The number of amides is 1. The summed E-state index contributed by atoms with van der Waals surface area (Å²) in [5.74, 6) is 0.638. The van der Waals surface area contributed by atoms with E-state index in [1.54, 1.807) is 0 Å². The van der Waals surface area contributed by atoms with E-state index in [1.807, 2.05) is 61.0 Å².